The minimum atomic E-state index is -0.883. The van der Waals surface area contributed by atoms with E-state index in [4.69, 9.17) is 9.47 Å². The van der Waals surface area contributed by atoms with Crippen LogP contribution in [0.1, 0.15) is 25.8 Å². The van der Waals surface area contributed by atoms with Crippen LogP contribution in [0.5, 0.6) is 0 Å². The van der Waals surface area contributed by atoms with E-state index in [-0.39, 0.29) is 11.9 Å². The van der Waals surface area contributed by atoms with Crippen LogP contribution >= 0.6 is 15.9 Å². The zero-order valence-electron chi connectivity index (χ0n) is 11.5. The predicted octanol–water partition coefficient (Wildman–Crippen LogP) is 2.83. The van der Waals surface area contributed by atoms with Crippen molar-refractivity contribution in [1.82, 2.24) is 0 Å². The number of esters is 2. The Labute approximate surface area is 126 Å². The third-order valence-electron chi connectivity index (χ3n) is 3.51. The summed E-state index contributed by atoms with van der Waals surface area (Å²) in [5.41, 5.74) is -0.0881. The summed E-state index contributed by atoms with van der Waals surface area (Å²) in [4.78, 5) is 24.3. The molecule has 108 valence electrons. The Hall–Kier alpha value is -1.36. The molecule has 0 bridgehead atoms. The monoisotopic (exact) mass is 340 g/mol. The second kappa shape index (κ2) is 5.95. The van der Waals surface area contributed by atoms with E-state index in [1.807, 2.05) is 24.3 Å². The minimum Gasteiger partial charge on any atom is -0.466 e. The maximum Gasteiger partial charge on any atom is 0.317 e. The molecule has 1 aliphatic carbocycles. The molecule has 1 saturated carbocycles. The Balaban J connectivity index is 2.33. The lowest BCUT2D eigenvalue weighted by atomic mass is 9.93. The number of hydrogen-bond acceptors (Lipinski definition) is 4. The van der Waals surface area contributed by atoms with Crippen LogP contribution < -0.4 is 0 Å². The molecule has 1 fully saturated rings. The summed E-state index contributed by atoms with van der Waals surface area (Å²) in [5.74, 6) is -1.13. The number of benzene rings is 1. The number of halogens is 1. The van der Waals surface area contributed by atoms with Crippen LogP contribution in [-0.4, -0.2) is 25.2 Å². The summed E-state index contributed by atoms with van der Waals surface area (Å²) in [5, 5.41) is 0. The Morgan fingerprint density at radius 1 is 1.30 bits per heavy atom. The van der Waals surface area contributed by atoms with E-state index in [2.05, 4.69) is 15.9 Å². The molecule has 1 aromatic rings. The first-order valence-corrected chi connectivity index (χ1v) is 7.45. The van der Waals surface area contributed by atoms with Gasteiger partial charge in [0.2, 0.25) is 0 Å². The number of carbonyl (C=O) groups is 2. The Morgan fingerprint density at radius 3 is 2.60 bits per heavy atom. The van der Waals surface area contributed by atoms with Gasteiger partial charge in [-0.25, -0.2) is 0 Å². The molecule has 4 nitrogen and oxygen atoms in total. The van der Waals surface area contributed by atoms with Gasteiger partial charge in [-0.05, 0) is 38.0 Å². The molecule has 0 heterocycles. The van der Waals surface area contributed by atoms with Crippen molar-refractivity contribution in [3.8, 4) is 0 Å². The standard InChI is InChI=1S/C15H17BrO4/c1-3-19-13(17)12-9-15(12,14(18)20-4-2)10-6-5-7-11(16)8-10/h5-8,12H,3-4,9H2,1-2H3/t12-,15+/m1/s1. The van der Waals surface area contributed by atoms with Gasteiger partial charge in [0.25, 0.3) is 0 Å². The first-order valence-electron chi connectivity index (χ1n) is 6.66. The molecule has 5 heteroatoms. The SMILES string of the molecule is CCOC(=O)[C@H]1C[C@]1(C(=O)OCC)c1cccc(Br)c1. The van der Waals surface area contributed by atoms with Crippen LogP contribution in [0.4, 0.5) is 0 Å². The maximum atomic E-state index is 12.3. The van der Waals surface area contributed by atoms with E-state index < -0.39 is 11.3 Å². The summed E-state index contributed by atoms with van der Waals surface area (Å²) in [6.45, 7) is 4.12. The summed E-state index contributed by atoms with van der Waals surface area (Å²) in [7, 11) is 0. The lowest BCUT2D eigenvalue weighted by Gasteiger charge is -2.16. The van der Waals surface area contributed by atoms with E-state index in [1.165, 1.54) is 0 Å². The molecule has 0 saturated heterocycles. The largest absolute Gasteiger partial charge is 0.466 e. The van der Waals surface area contributed by atoms with Crippen LogP contribution in [0.15, 0.2) is 28.7 Å². The van der Waals surface area contributed by atoms with Crippen LogP contribution in [0, 0.1) is 5.92 Å². The van der Waals surface area contributed by atoms with Crippen molar-refractivity contribution in [2.24, 2.45) is 5.92 Å². The number of carbonyl (C=O) groups excluding carboxylic acids is 2. The number of hydrogen-bond donors (Lipinski definition) is 0. The van der Waals surface area contributed by atoms with Gasteiger partial charge in [0, 0.05) is 4.47 Å². The molecule has 1 aromatic carbocycles. The summed E-state index contributed by atoms with van der Waals surface area (Å²) >= 11 is 3.39. The molecular formula is C15H17BrO4. The van der Waals surface area contributed by atoms with Gasteiger partial charge in [0.05, 0.1) is 19.1 Å². The Bertz CT molecular complexity index is 528. The van der Waals surface area contributed by atoms with E-state index in [0.29, 0.717) is 19.6 Å². The molecule has 2 atom stereocenters. The molecule has 0 amide bonds. The average molecular weight is 341 g/mol. The fraction of sp³-hybridized carbons (Fsp3) is 0.467. The third-order valence-corrected chi connectivity index (χ3v) is 4.00. The van der Waals surface area contributed by atoms with E-state index in [9.17, 15) is 9.59 Å². The van der Waals surface area contributed by atoms with Crippen molar-refractivity contribution in [2.75, 3.05) is 13.2 Å². The second-order valence-electron chi connectivity index (χ2n) is 4.71. The predicted molar refractivity (Wildman–Crippen MR) is 77.2 cm³/mol. The van der Waals surface area contributed by atoms with E-state index >= 15 is 0 Å². The Morgan fingerprint density at radius 2 is 2.00 bits per heavy atom. The smallest absolute Gasteiger partial charge is 0.317 e. The quantitative estimate of drug-likeness (QED) is 0.773. The lowest BCUT2D eigenvalue weighted by Crippen LogP contribution is -2.28. The second-order valence-corrected chi connectivity index (χ2v) is 5.63. The number of ether oxygens (including phenoxy) is 2. The normalized spacial score (nSPS) is 24.1. The lowest BCUT2D eigenvalue weighted by molar-refractivity contribution is -0.152. The van der Waals surface area contributed by atoms with Gasteiger partial charge in [0.15, 0.2) is 0 Å². The molecule has 0 spiro atoms. The van der Waals surface area contributed by atoms with Crippen LogP contribution in [0.3, 0.4) is 0 Å². The van der Waals surface area contributed by atoms with Gasteiger partial charge in [-0.15, -0.1) is 0 Å². The van der Waals surface area contributed by atoms with Crippen LogP contribution in [0.2, 0.25) is 0 Å². The highest BCUT2D eigenvalue weighted by Gasteiger charge is 2.66. The van der Waals surface area contributed by atoms with Crippen molar-refractivity contribution in [1.29, 1.82) is 0 Å². The maximum absolute atomic E-state index is 12.3. The van der Waals surface area contributed by atoms with E-state index in [1.54, 1.807) is 13.8 Å². The molecule has 0 aromatic heterocycles. The van der Waals surface area contributed by atoms with Gasteiger partial charge in [0.1, 0.15) is 5.41 Å². The molecule has 2 rings (SSSR count). The highest BCUT2D eigenvalue weighted by molar-refractivity contribution is 9.10. The average Bonchev–Trinajstić information content (AvgIpc) is 3.16. The summed E-state index contributed by atoms with van der Waals surface area (Å²) in [6, 6.07) is 7.43. The highest BCUT2D eigenvalue weighted by Crippen LogP contribution is 2.56. The van der Waals surface area contributed by atoms with Gasteiger partial charge in [-0.2, -0.15) is 0 Å². The first-order chi connectivity index (χ1) is 9.56. The first kappa shape index (κ1) is 15.0. The number of rotatable bonds is 5. The van der Waals surface area contributed by atoms with Crippen molar-refractivity contribution in [2.45, 2.75) is 25.7 Å². The zero-order chi connectivity index (χ0) is 14.8. The molecule has 0 unspecified atom stereocenters. The van der Waals surface area contributed by atoms with Crippen molar-refractivity contribution in [3.05, 3.63) is 34.3 Å². The van der Waals surface area contributed by atoms with Gasteiger partial charge in [-0.1, -0.05) is 28.1 Å². The minimum absolute atomic E-state index is 0.296. The third kappa shape index (κ3) is 2.59. The van der Waals surface area contributed by atoms with Crippen molar-refractivity contribution in [3.63, 3.8) is 0 Å². The van der Waals surface area contributed by atoms with Crippen molar-refractivity contribution >= 4 is 27.9 Å². The molecule has 20 heavy (non-hydrogen) atoms. The van der Waals surface area contributed by atoms with Crippen LogP contribution in [0.25, 0.3) is 0 Å². The van der Waals surface area contributed by atoms with Gasteiger partial charge < -0.3 is 9.47 Å². The van der Waals surface area contributed by atoms with Crippen LogP contribution in [-0.2, 0) is 24.5 Å². The van der Waals surface area contributed by atoms with Gasteiger partial charge in [-0.3, -0.25) is 9.59 Å². The Kier molecular flexibility index (Phi) is 4.48. The van der Waals surface area contributed by atoms with Gasteiger partial charge >= 0.3 is 11.9 Å². The van der Waals surface area contributed by atoms with E-state index in [0.717, 1.165) is 10.0 Å². The molecule has 0 radical (unpaired) electrons. The fourth-order valence-electron chi connectivity index (χ4n) is 2.48. The van der Waals surface area contributed by atoms with Crippen molar-refractivity contribution < 1.29 is 19.1 Å². The topological polar surface area (TPSA) is 52.6 Å². The highest BCUT2D eigenvalue weighted by atomic mass is 79.9. The molecule has 0 N–H and O–H groups in total. The summed E-state index contributed by atoms with van der Waals surface area (Å²) < 4.78 is 11.1. The molecule has 0 aliphatic heterocycles. The molecule has 1 aliphatic rings. The summed E-state index contributed by atoms with van der Waals surface area (Å²) in [6.07, 6.45) is 0.446. The zero-order valence-corrected chi connectivity index (χ0v) is 13.1. The fourth-order valence-corrected chi connectivity index (χ4v) is 2.88. The molecular weight excluding hydrogens is 324 g/mol.